The Kier molecular flexibility index (Phi) is 5.98. The van der Waals surface area contributed by atoms with E-state index in [0.717, 1.165) is 5.02 Å². The van der Waals surface area contributed by atoms with Crippen LogP contribution in [0.15, 0.2) is 30.3 Å². The summed E-state index contributed by atoms with van der Waals surface area (Å²) in [7, 11) is 0. The molecule has 0 aliphatic heterocycles. The monoisotopic (exact) mass is 200 g/mol. The summed E-state index contributed by atoms with van der Waals surface area (Å²) in [6.07, 6.45) is 0. The van der Waals surface area contributed by atoms with Gasteiger partial charge >= 0.3 is 5.97 Å². The Bertz CT molecular complexity index is 244. The second-order valence-electron chi connectivity index (χ2n) is 2.79. The molecule has 0 spiro atoms. The molecule has 72 valence electrons. The molecule has 1 aromatic rings. The van der Waals surface area contributed by atoms with E-state index in [0.29, 0.717) is 0 Å². The van der Waals surface area contributed by atoms with Crippen molar-refractivity contribution < 1.29 is 9.90 Å². The Labute approximate surface area is 83.2 Å². The van der Waals surface area contributed by atoms with Gasteiger partial charge in [0.25, 0.3) is 0 Å². The van der Waals surface area contributed by atoms with Gasteiger partial charge in [-0.3, -0.25) is 4.79 Å². The average molecular weight is 201 g/mol. The number of aliphatic carboxylic acids is 1. The smallest absolute Gasteiger partial charge is 0.305 e. The minimum Gasteiger partial charge on any atom is -0.481 e. The van der Waals surface area contributed by atoms with Crippen molar-refractivity contribution in [2.45, 2.75) is 13.8 Å². The van der Waals surface area contributed by atoms with Gasteiger partial charge < -0.3 is 5.11 Å². The Balaban J connectivity index is 0.000000226. The van der Waals surface area contributed by atoms with Crippen LogP contribution >= 0.6 is 11.6 Å². The first-order valence-corrected chi connectivity index (χ1v) is 4.35. The van der Waals surface area contributed by atoms with Crippen molar-refractivity contribution >= 4 is 17.6 Å². The highest BCUT2D eigenvalue weighted by atomic mass is 35.5. The maximum Gasteiger partial charge on any atom is 0.305 e. The van der Waals surface area contributed by atoms with Crippen LogP contribution in [0.5, 0.6) is 0 Å². The van der Waals surface area contributed by atoms with Crippen LogP contribution in [0.4, 0.5) is 0 Å². The quantitative estimate of drug-likeness (QED) is 0.757. The second-order valence-corrected chi connectivity index (χ2v) is 3.22. The third kappa shape index (κ3) is 7.34. The van der Waals surface area contributed by atoms with Gasteiger partial charge in [0.2, 0.25) is 0 Å². The molecule has 13 heavy (non-hydrogen) atoms. The molecule has 0 radical (unpaired) electrons. The number of benzene rings is 1. The van der Waals surface area contributed by atoms with Crippen molar-refractivity contribution in [3.8, 4) is 0 Å². The van der Waals surface area contributed by atoms with Crippen molar-refractivity contribution in [1.29, 1.82) is 0 Å². The van der Waals surface area contributed by atoms with E-state index in [2.05, 4.69) is 0 Å². The summed E-state index contributed by atoms with van der Waals surface area (Å²) in [6, 6.07) is 9.44. The summed E-state index contributed by atoms with van der Waals surface area (Å²) in [5.41, 5.74) is 0. The molecule has 2 nitrogen and oxygen atoms in total. The van der Waals surface area contributed by atoms with Gasteiger partial charge in [-0.2, -0.15) is 0 Å². The second kappa shape index (κ2) is 6.49. The highest BCUT2D eigenvalue weighted by Crippen LogP contribution is 2.03. The molecule has 0 heterocycles. The van der Waals surface area contributed by atoms with Crippen LogP contribution in [-0.2, 0) is 4.79 Å². The zero-order valence-electron chi connectivity index (χ0n) is 7.70. The minimum absolute atomic E-state index is 0.231. The van der Waals surface area contributed by atoms with Crippen LogP contribution < -0.4 is 0 Å². The molecular weight excluding hydrogens is 188 g/mol. The molecule has 0 amide bonds. The first-order valence-electron chi connectivity index (χ1n) is 3.97. The van der Waals surface area contributed by atoms with Crippen LogP contribution in [0.25, 0.3) is 0 Å². The molecule has 1 rings (SSSR count). The molecule has 0 saturated heterocycles. The molecule has 0 aliphatic rings. The first kappa shape index (κ1) is 12.0. The lowest BCUT2D eigenvalue weighted by Crippen LogP contribution is -2.03. The van der Waals surface area contributed by atoms with E-state index in [1.165, 1.54) is 0 Å². The van der Waals surface area contributed by atoms with Crippen molar-refractivity contribution in [1.82, 2.24) is 0 Å². The summed E-state index contributed by atoms with van der Waals surface area (Å²) >= 11 is 5.54. The standard InChI is InChI=1S/C6H5Cl.C4H8O2/c7-6-4-2-1-3-5-6;1-3(2)4(5)6/h1-5H;3H,1-2H3,(H,5,6). The lowest BCUT2D eigenvalue weighted by atomic mass is 10.2. The molecule has 0 unspecified atom stereocenters. The van der Waals surface area contributed by atoms with E-state index in [1.807, 2.05) is 30.3 Å². The predicted octanol–water partition coefficient (Wildman–Crippen LogP) is 3.07. The lowest BCUT2D eigenvalue weighted by molar-refractivity contribution is -0.140. The lowest BCUT2D eigenvalue weighted by Gasteiger charge is -1.89. The fourth-order valence-corrected chi connectivity index (χ4v) is 0.560. The first-order chi connectivity index (χ1) is 6.04. The largest absolute Gasteiger partial charge is 0.481 e. The molecule has 3 heteroatoms. The van der Waals surface area contributed by atoms with Crippen LogP contribution in [0.3, 0.4) is 0 Å². The number of hydrogen-bond donors (Lipinski definition) is 1. The van der Waals surface area contributed by atoms with Crippen LogP contribution in [0.1, 0.15) is 13.8 Å². The van der Waals surface area contributed by atoms with Crippen LogP contribution in [0.2, 0.25) is 5.02 Å². The zero-order chi connectivity index (χ0) is 10.3. The Hall–Kier alpha value is -1.02. The number of carbonyl (C=O) groups is 1. The molecular formula is C10H13ClO2. The Morgan fingerprint density at radius 1 is 1.31 bits per heavy atom. The topological polar surface area (TPSA) is 37.3 Å². The number of halogens is 1. The van der Waals surface area contributed by atoms with Crippen LogP contribution in [-0.4, -0.2) is 11.1 Å². The van der Waals surface area contributed by atoms with E-state index in [-0.39, 0.29) is 5.92 Å². The van der Waals surface area contributed by atoms with Gasteiger partial charge in [-0.15, -0.1) is 0 Å². The molecule has 0 atom stereocenters. The van der Waals surface area contributed by atoms with Gasteiger partial charge in [0.05, 0.1) is 5.92 Å². The number of rotatable bonds is 1. The fourth-order valence-electron chi connectivity index (χ4n) is 0.415. The van der Waals surface area contributed by atoms with Crippen molar-refractivity contribution in [3.05, 3.63) is 35.4 Å². The van der Waals surface area contributed by atoms with Gasteiger partial charge in [-0.05, 0) is 12.1 Å². The van der Waals surface area contributed by atoms with Gasteiger partial charge in [-0.1, -0.05) is 43.6 Å². The van der Waals surface area contributed by atoms with Gasteiger partial charge in [-0.25, -0.2) is 0 Å². The molecule has 1 N–H and O–H groups in total. The van der Waals surface area contributed by atoms with Gasteiger partial charge in [0, 0.05) is 5.02 Å². The minimum atomic E-state index is -0.741. The summed E-state index contributed by atoms with van der Waals surface area (Å²) < 4.78 is 0. The highest BCUT2D eigenvalue weighted by Gasteiger charge is 1.99. The SMILES string of the molecule is CC(C)C(=O)O.Clc1ccccc1. The third-order valence-electron chi connectivity index (χ3n) is 1.23. The van der Waals surface area contributed by atoms with Crippen molar-refractivity contribution in [2.75, 3.05) is 0 Å². The average Bonchev–Trinajstić information content (AvgIpc) is 2.06. The normalized spacial score (nSPS) is 8.92. The zero-order valence-corrected chi connectivity index (χ0v) is 8.45. The summed E-state index contributed by atoms with van der Waals surface area (Å²) in [4.78, 5) is 9.70. The summed E-state index contributed by atoms with van der Waals surface area (Å²) in [5.74, 6) is -0.972. The van der Waals surface area contributed by atoms with Crippen molar-refractivity contribution in [3.63, 3.8) is 0 Å². The van der Waals surface area contributed by atoms with E-state index >= 15 is 0 Å². The number of carboxylic acid groups (broad SMARTS) is 1. The molecule has 1 aromatic carbocycles. The molecule has 0 aliphatic carbocycles. The van der Waals surface area contributed by atoms with E-state index in [1.54, 1.807) is 13.8 Å². The Morgan fingerprint density at radius 2 is 1.69 bits per heavy atom. The van der Waals surface area contributed by atoms with E-state index in [9.17, 15) is 4.79 Å². The number of carboxylic acids is 1. The third-order valence-corrected chi connectivity index (χ3v) is 1.48. The number of hydrogen-bond acceptors (Lipinski definition) is 1. The predicted molar refractivity (Wildman–Crippen MR) is 53.9 cm³/mol. The molecule has 0 saturated carbocycles. The van der Waals surface area contributed by atoms with Crippen LogP contribution in [0, 0.1) is 5.92 Å². The fraction of sp³-hybridized carbons (Fsp3) is 0.300. The summed E-state index contributed by atoms with van der Waals surface area (Å²) in [6.45, 7) is 3.28. The maximum atomic E-state index is 9.70. The molecule has 0 bridgehead atoms. The van der Waals surface area contributed by atoms with Crippen molar-refractivity contribution in [2.24, 2.45) is 5.92 Å². The highest BCUT2D eigenvalue weighted by molar-refractivity contribution is 6.30. The maximum absolute atomic E-state index is 9.70. The molecule has 0 aromatic heterocycles. The van der Waals surface area contributed by atoms with E-state index < -0.39 is 5.97 Å². The summed E-state index contributed by atoms with van der Waals surface area (Å²) in [5, 5.41) is 8.78. The van der Waals surface area contributed by atoms with Gasteiger partial charge in [0.15, 0.2) is 0 Å². The Morgan fingerprint density at radius 3 is 1.85 bits per heavy atom. The molecule has 0 fully saturated rings. The van der Waals surface area contributed by atoms with Gasteiger partial charge in [0.1, 0.15) is 0 Å². The van der Waals surface area contributed by atoms with E-state index in [4.69, 9.17) is 16.7 Å².